The highest BCUT2D eigenvalue weighted by Gasteiger charge is 2.12. The van der Waals surface area contributed by atoms with E-state index < -0.39 is 0 Å². The van der Waals surface area contributed by atoms with Crippen molar-refractivity contribution in [2.24, 2.45) is 0 Å². The van der Waals surface area contributed by atoms with E-state index in [1.165, 1.54) is 0 Å². The summed E-state index contributed by atoms with van der Waals surface area (Å²) in [6, 6.07) is 6.04. The highest BCUT2D eigenvalue weighted by molar-refractivity contribution is 7.09. The summed E-state index contributed by atoms with van der Waals surface area (Å²) in [4.78, 5) is 10.8. The molecule has 0 saturated carbocycles. The fourth-order valence-corrected chi connectivity index (χ4v) is 2.49. The fourth-order valence-electron chi connectivity index (χ4n) is 1.88. The highest BCUT2D eigenvalue weighted by atomic mass is 32.1. The summed E-state index contributed by atoms with van der Waals surface area (Å²) >= 11 is 1.64. The number of nitrogens with zero attached hydrogens (tertiary/aromatic N) is 3. The number of nitrogen functional groups attached to an aromatic ring is 1. The van der Waals surface area contributed by atoms with Gasteiger partial charge in [-0.1, -0.05) is 0 Å². The summed E-state index contributed by atoms with van der Waals surface area (Å²) in [5.74, 6) is 0. The second-order valence-corrected chi connectivity index (χ2v) is 5.50. The van der Waals surface area contributed by atoms with Crippen molar-refractivity contribution in [2.75, 3.05) is 17.7 Å². The minimum Gasteiger partial charge on any atom is -0.423 e. The number of anilines is 2. The monoisotopic (exact) mass is 274 g/mol. The van der Waals surface area contributed by atoms with Crippen LogP contribution in [0.1, 0.15) is 10.7 Å². The lowest BCUT2D eigenvalue weighted by molar-refractivity contribution is 0.581. The molecule has 2 heterocycles. The van der Waals surface area contributed by atoms with Crippen LogP contribution in [0.4, 0.5) is 11.7 Å². The van der Waals surface area contributed by atoms with Crippen LogP contribution in [0.25, 0.3) is 11.1 Å². The predicted molar refractivity (Wildman–Crippen MR) is 77.4 cm³/mol. The summed E-state index contributed by atoms with van der Waals surface area (Å²) in [6.07, 6.45) is 0. The molecule has 0 fully saturated rings. The maximum Gasteiger partial charge on any atom is 0.298 e. The van der Waals surface area contributed by atoms with Gasteiger partial charge in [0.2, 0.25) is 0 Å². The zero-order valence-electron chi connectivity index (χ0n) is 10.8. The van der Waals surface area contributed by atoms with Crippen molar-refractivity contribution < 1.29 is 4.42 Å². The molecule has 0 radical (unpaired) electrons. The molecular formula is C13H14N4OS. The van der Waals surface area contributed by atoms with Crippen LogP contribution in [0.2, 0.25) is 0 Å². The van der Waals surface area contributed by atoms with Crippen molar-refractivity contribution in [2.45, 2.75) is 13.5 Å². The largest absolute Gasteiger partial charge is 0.423 e. The molecule has 0 saturated heterocycles. The maximum atomic E-state index is 5.73. The molecule has 3 rings (SSSR count). The van der Waals surface area contributed by atoms with Crippen molar-refractivity contribution in [1.82, 2.24) is 9.97 Å². The molecule has 0 spiro atoms. The normalized spacial score (nSPS) is 11.1. The Bertz CT molecular complexity index is 718. The van der Waals surface area contributed by atoms with E-state index in [0.29, 0.717) is 23.8 Å². The number of hydrogen-bond acceptors (Lipinski definition) is 6. The first kappa shape index (κ1) is 12.0. The summed E-state index contributed by atoms with van der Waals surface area (Å²) in [5, 5.41) is 3.11. The summed E-state index contributed by atoms with van der Waals surface area (Å²) in [6.45, 7) is 2.67. The van der Waals surface area contributed by atoms with Crippen molar-refractivity contribution in [3.05, 3.63) is 34.3 Å². The van der Waals surface area contributed by atoms with E-state index in [2.05, 4.69) is 9.97 Å². The molecule has 0 amide bonds. The van der Waals surface area contributed by atoms with Gasteiger partial charge in [-0.2, -0.15) is 4.98 Å². The van der Waals surface area contributed by atoms with E-state index in [9.17, 15) is 0 Å². The average molecular weight is 274 g/mol. The van der Waals surface area contributed by atoms with E-state index in [1.807, 2.05) is 36.4 Å². The Hall–Kier alpha value is -2.08. The van der Waals surface area contributed by atoms with Gasteiger partial charge in [-0.25, -0.2) is 4.98 Å². The van der Waals surface area contributed by atoms with Gasteiger partial charge in [0.1, 0.15) is 5.52 Å². The number of hydrogen-bond donors (Lipinski definition) is 1. The first-order valence-corrected chi connectivity index (χ1v) is 6.78. The standard InChI is InChI=1S/C13H14N4OS/c1-8-15-10(7-19-8)6-17(2)13-16-11-4-3-9(14)5-12(11)18-13/h3-5,7H,6,14H2,1-2H3. The number of aryl methyl sites for hydroxylation is 1. The number of oxazole rings is 1. The van der Waals surface area contributed by atoms with Crippen molar-refractivity contribution in [3.8, 4) is 0 Å². The Morgan fingerprint density at radius 3 is 2.95 bits per heavy atom. The van der Waals surface area contributed by atoms with Crippen LogP contribution in [0.15, 0.2) is 28.0 Å². The van der Waals surface area contributed by atoms with Crippen molar-refractivity contribution in [3.63, 3.8) is 0 Å². The van der Waals surface area contributed by atoms with Crippen LogP contribution in [0, 0.1) is 6.92 Å². The predicted octanol–water partition coefficient (Wildman–Crippen LogP) is 2.81. The van der Waals surface area contributed by atoms with Crippen LogP contribution in [0.3, 0.4) is 0 Å². The van der Waals surface area contributed by atoms with Gasteiger partial charge in [0.15, 0.2) is 5.58 Å². The lowest BCUT2D eigenvalue weighted by atomic mass is 10.3. The first-order chi connectivity index (χ1) is 9.11. The lowest BCUT2D eigenvalue weighted by Crippen LogP contribution is -2.16. The molecule has 5 nitrogen and oxygen atoms in total. The smallest absolute Gasteiger partial charge is 0.298 e. The third-order valence-corrected chi connectivity index (χ3v) is 3.62. The second kappa shape index (κ2) is 4.55. The Morgan fingerprint density at radius 1 is 1.37 bits per heavy atom. The van der Waals surface area contributed by atoms with Gasteiger partial charge in [-0.3, -0.25) is 0 Å². The highest BCUT2D eigenvalue weighted by Crippen LogP contribution is 2.24. The van der Waals surface area contributed by atoms with Crippen LogP contribution >= 0.6 is 11.3 Å². The molecule has 2 aromatic heterocycles. The Labute approximate surface area is 114 Å². The van der Waals surface area contributed by atoms with Crippen LogP contribution < -0.4 is 10.6 Å². The van der Waals surface area contributed by atoms with Crippen LogP contribution in [-0.4, -0.2) is 17.0 Å². The summed E-state index contributed by atoms with van der Waals surface area (Å²) in [5.41, 5.74) is 8.94. The number of aromatic nitrogens is 2. The van der Waals surface area contributed by atoms with Crippen LogP contribution in [-0.2, 0) is 6.54 Å². The SMILES string of the molecule is Cc1nc(CN(C)c2nc3ccc(N)cc3o2)cs1. The first-order valence-electron chi connectivity index (χ1n) is 5.90. The van der Waals surface area contributed by atoms with Gasteiger partial charge in [-0.05, 0) is 19.1 Å². The fraction of sp³-hybridized carbons (Fsp3) is 0.231. The number of nitrogens with two attached hydrogens (primary N) is 1. The number of rotatable bonds is 3. The van der Waals surface area contributed by atoms with Crippen molar-refractivity contribution >= 4 is 34.1 Å². The number of fused-ring (bicyclic) bond motifs is 1. The number of benzene rings is 1. The van der Waals surface area contributed by atoms with E-state index in [-0.39, 0.29) is 0 Å². The molecule has 0 bridgehead atoms. The quantitative estimate of drug-likeness (QED) is 0.744. The van der Waals surface area contributed by atoms with Gasteiger partial charge in [0.05, 0.1) is 17.2 Å². The zero-order chi connectivity index (χ0) is 13.4. The second-order valence-electron chi connectivity index (χ2n) is 4.44. The molecule has 2 N–H and O–H groups in total. The average Bonchev–Trinajstić information content (AvgIpc) is 2.95. The van der Waals surface area contributed by atoms with Crippen molar-refractivity contribution in [1.29, 1.82) is 0 Å². The Morgan fingerprint density at radius 2 is 2.21 bits per heavy atom. The minimum atomic E-state index is 0.575. The minimum absolute atomic E-state index is 0.575. The number of thiazole rings is 1. The molecule has 0 aliphatic carbocycles. The van der Waals surface area contributed by atoms with Gasteiger partial charge < -0.3 is 15.1 Å². The summed E-state index contributed by atoms with van der Waals surface area (Å²) < 4.78 is 5.70. The van der Waals surface area contributed by atoms with Gasteiger partial charge in [0.25, 0.3) is 6.01 Å². The van der Waals surface area contributed by atoms with E-state index in [1.54, 1.807) is 17.4 Å². The summed E-state index contributed by atoms with van der Waals surface area (Å²) in [7, 11) is 1.93. The molecule has 1 aromatic carbocycles. The maximum absolute atomic E-state index is 5.73. The molecule has 98 valence electrons. The molecule has 0 unspecified atom stereocenters. The molecule has 0 aliphatic rings. The van der Waals surface area contributed by atoms with Gasteiger partial charge in [-0.15, -0.1) is 11.3 Å². The molecule has 3 aromatic rings. The van der Waals surface area contributed by atoms with E-state index in [4.69, 9.17) is 10.2 Å². The Kier molecular flexibility index (Phi) is 2.87. The molecule has 0 aliphatic heterocycles. The van der Waals surface area contributed by atoms with Crippen LogP contribution in [0.5, 0.6) is 0 Å². The zero-order valence-corrected chi connectivity index (χ0v) is 11.6. The lowest BCUT2D eigenvalue weighted by Gasteiger charge is -2.11. The Balaban J connectivity index is 1.86. The third kappa shape index (κ3) is 2.39. The molecular weight excluding hydrogens is 260 g/mol. The molecule has 6 heteroatoms. The third-order valence-electron chi connectivity index (χ3n) is 2.79. The molecule has 0 atom stereocenters. The van der Waals surface area contributed by atoms with Gasteiger partial charge in [0, 0.05) is 24.2 Å². The molecule has 19 heavy (non-hydrogen) atoms. The van der Waals surface area contributed by atoms with E-state index in [0.717, 1.165) is 16.2 Å². The topological polar surface area (TPSA) is 68.2 Å². The van der Waals surface area contributed by atoms with Gasteiger partial charge >= 0.3 is 0 Å². The van der Waals surface area contributed by atoms with E-state index >= 15 is 0 Å².